The first-order chi connectivity index (χ1) is 7.95. The fourth-order valence-electron chi connectivity index (χ4n) is 1.33. The Morgan fingerprint density at radius 2 is 2.06 bits per heavy atom. The SMILES string of the molecule is N#CCC(O)C(O)c1cc(Cl)cc(C(=O)O)c1. The van der Waals surface area contributed by atoms with Crippen molar-refractivity contribution in [2.24, 2.45) is 0 Å². The molecule has 0 radical (unpaired) electrons. The maximum atomic E-state index is 10.8. The molecule has 2 atom stereocenters. The molecule has 0 spiro atoms. The Bertz CT molecular complexity index is 469. The molecule has 0 saturated heterocycles. The van der Waals surface area contributed by atoms with Gasteiger partial charge in [0.2, 0.25) is 0 Å². The maximum absolute atomic E-state index is 10.8. The van der Waals surface area contributed by atoms with Crippen molar-refractivity contribution in [3.05, 3.63) is 34.3 Å². The van der Waals surface area contributed by atoms with Crippen LogP contribution in [0.4, 0.5) is 0 Å². The lowest BCUT2D eigenvalue weighted by Crippen LogP contribution is -2.18. The van der Waals surface area contributed by atoms with Crippen LogP contribution < -0.4 is 0 Å². The third kappa shape index (κ3) is 3.43. The van der Waals surface area contributed by atoms with Gasteiger partial charge in [0.05, 0.1) is 24.2 Å². The molecule has 0 amide bonds. The normalized spacial score (nSPS) is 13.8. The molecule has 0 saturated carbocycles. The molecule has 0 aliphatic carbocycles. The minimum atomic E-state index is -1.34. The van der Waals surface area contributed by atoms with Crippen LogP contribution in [0.25, 0.3) is 0 Å². The van der Waals surface area contributed by atoms with Crippen molar-refractivity contribution < 1.29 is 20.1 Å². The van der Waals surface area contributed by atoms with E-state index in [1.54, 1.807) is 6.07 Å². The van der Waals surface area contributed by atoms with Crippen molar-refractivity contribution in [2.75, 3.05) is 0 Å². The van der Waals surface area contributed by atoms with E-state index in [0.29, 0.717) is 0 Å². The number of hydrogen-bond acceptors (Lipinski definition) is 4. The van der Waals surface area contributed by atoms with Gasteiger partial charge in [0.1, 0.15) is 6.10 Å². The molecule has 1 aromatic carbocycles. The molecule has 3 N–H and O–H groups in total. The Labute approximate surface area is 102 Å². The number of carboxylic acids is 1. The van der Waals surface area contributed by atoms with Crippen molar-refractivity contribution in [2.45, 2.75) is 18.6 Å². The van der Waals surface area contributed by atoms with Gasteiger partial charge in [-0.1, -0.05) is 11.6 Å². The summed E-state index contributed by atoms with van der Waals surface area (Å²) < 4.78 is 0. The van der Waals surface area contributed by atoms with Gasteiger partial charge >= 0.3 is 5.97 Å². The maximum Gasteiger partial charge on any atom is 0.335 e. The van der Waals surface area contributed by atoms with Gasteiger partial charge in [-0.3, -0.25) is 0 Å². The quantitative estimate of drug-likeness (QED) is 0.754. The summed E-state index contributed by atoms with van der Waals surface area (Å²) in [6.45, 7) is 0. The molecular formula is C11H10ClNO4. The molecule has 6 heteroatoms. The van der Waals surface area contributed by atoms with Crippen LogP contribution in [0.3, 0.4) is 0 Å². The van der Waals surface area contributed by atoms with Gasteiger partial charge in [-0.2, -0.15) is 5.26 Å². The summed E-state index contributed by atoms with van der Waals surface area (Å²) >= 11 is 5.70. The molecule has 0 aliphatic rings. The highest BCUT2D eigenvalue weighted by Crippen LogP contribution is 2.24. The zero-order chi connectivity index (χ0) is 13.0. The Morgan fingerprint density at radius 3 is 2.59 bits per heavy atom. The van der Waals surface area contributed by atoms with Gasteiger partial charge in [0, 0.05) is 5.02 Å². The Morgan fingerprint density at radius 1 is 1.41 bits per heavy atom. The largest absolute Gasteiger partial charge is 0.478 e. The molecule has 1 rings (SSSR count). The molecule has 17 heavy (non-hydrogen) atoms. The average Bonchev–Trinajstić information content (AvgIpc) is 2.27. The van der Waals surface area contributed by atoms with E-state index in [-0.39, 0.29) is 22.6 Å². The van der Waals surface area contributed by atoms with Crippen molar-refractivity contribution in [3.8, 4) is 6.07 Å². The minimum Gasteiger partial charge on any atom is -0.478 e. The van der Waals surface area contributed by atoms with Crippen LogP contribution in [0.1, 0.15) is 28.4 Å². The van der Waals surface area contributed by atoms with E-state index < -0.39 is 18.2 Å². The lowest BCUT2D eigenvalue weighted by atomic mass is 10.0. The average molecular weight is 256 g/mol. The number of aromatic carboxylic acids is 1. The van der Waals surface area contributed by atoms with Gasteiger partial charge in [-0.05, 0) is 23.8 Å². The van der Waals surface area contributed by atoms with Crippen LogP contribution in [0, 0.1) is 11.3 Å². The highest BCUT2D eigenvalue weighted by Gasteiger charge is 2.20. The van der Waals surface area contributed by atoms with Crippen LogP contribution in [-0.2, 0) is 0 Å². The second-order valence-corrected chi connectivity index (χ2v) is 3.89. The molecule has 1 aromatic rings. The number of aliphatic hydroxyl groups excluding tert-OH is 2. The lowest BCUT2D eigenvalue weighted by Gasteiger charge is -2.16. The predicted molar refractivity (Wildman–Crippen MR) is 59.6 cm³/mol. The number of benzene rings is 1. The molecular weight excluding hydrogens is 246 g/mol. The van der Waals surface area contributed by atoms with Crippen LogP contribution in [0.15, 0.2) is 18.2 Å². The smallest absolute Gasteiger partial charge is 0.335 e. The fraction of sp³-hybridized carbons (Fsp3) is 0.273. The Balaban J connectivity index is 3.06. The molecule has 0 bridgehead atoms. The lowest BCUT2D eigenvalue weighted by molar-refractivity contribution is 0.0215. The minimum absolute atomic E-state index is 0.0873. The highest BCUT2D eigenvalue weighted by molar-refractivity contribution is 6.31. The topological polar surface area (TPSA) is 102 Å². The van der Waals surface area contributed by atoms with Crippen molar-refractivity contribution in [1.29, 1.82) is 5.26 Å². The van der Waals surface area contributed by atoms with Gasteiger partial charge in [-0.25, -0.2) is 4.79 Å². The molecule has 0 fully saturated rings. The van der Waals surface area contributed by atoms with Crippen LogP contribution in [0.2, 0.25) is 5.02 Å². The Hall–Kier alpha value is -1.61. The third-order valence-corrected chi connectivity index (χ3v) is 2.39. The molecule has 0 aliphatic heterocycles. The summed E-state index contributed by atoms with van der Waals surface area (Å²) in [5.74, 6) is -1.18. The molecule has 0 heterocycles. The van der Waals surface area contributed by atoms with E-state index in [0.717, 1.165) is 0 Å². The number of halogens is 1. The first-order valence-corrected chi connectivity index (χ1v) is 5.10. The van der Waals surface area contributed by atoms with Gasteiger partial charge < -0.3 is 15.3 Å². The van der Waals surface area contributed by atoms with Crippen molar-refractivity contribution in [3.63, 3.8) is 0 Å². The number of aliphatic hydroxyl groups is 2. The van der Waals surface area contributed by atoms with E-state index in [2.05, 4.69) is 0 Å². The standard InChI is InChI=1S/C11H10ClNO4/c12-8-4-6(3-7(5-8)11(16)17)10(15)9(14)1-2-13/h3-5,9-10,14-15H,1H2,(H,16,17). The zero-order valence-electron chi connectivity index (χ0n) is 8.67. The fourth-order valence-corrected chi connectivity index (χ4v) is 1.58. The van der Waals surface area contributed by atoms with Crippen LogP contribution in [-0.4, -0.2) is 27.4 Å². The summed E-state index contributed by atoms with van der Waals surface area (Å²) in [6, 6.07) is 5.50. The number of nitrogens with zero attached hydrogens (tertiary/aromatic N) is 1. The highest BCUT2D eigenvalue weighted by atomic mass is 35.5. The molecule has 90 valence electrons. The number of nitriles is 1. The van der Waals surface area contributed by atoms with E-state index in [1.165, 1.54) is 18.2 Å². The first-order valence-electron chi connectivity index (χ1n) is 4.72. The summed E-state index contributed by atoms with van der Waals surface area (Å²) in [5.41, 5.74) is 0.0772. The van der Waals surface area contributed by atoms with Gasteiger partial charge in [-0.15, -0.1) is 0 Å². The number of hydrogen-bond donors (Lipinski definition) is 3. The number of carboxylic acid groups (broad SMARTS) is 1. The van der Waals surface area contributed by atoms with E-state index >= 15 is 0 Å². The number of rotatable bonds is 4. The van der Waals surface area contributed by atoms with E-state index in [9.17, 15) is 15.0 Å². The molecule has 0 aromatic heterocycles. The van der Waals surface area contributed by atoms with Crippen molar-refractivity contribution in [1.82, 2.24) is 0 Å². The third-order valence-electron chi connectivity index (χ3n) is 2.17. The summed E-state index contributed by atoms with van der Waals surface area (Å²) in [5, 5.41) is 36.5. The summed E-state index contributed by atoms with van der Waals surface area (Å²) in [4.78, 5) is 10.8. The molecule has 2 unspecified atom stereocenters. The zero-order valence-corrected chi connectivity index (χ0v) is 9.42. The monoisotopic (exact) mass is 255 g/mol. The van der Waals surface area contributed by atoms with Gasteiger partial charge in [0.25, 0.3) is 0 Å². The summed E-state index contributed by atoms with van der Waals surface area (Å²) in [6.07, 6.45) is -2.87. The summed E-state index contributed by atoms with van der Waals surface area (Å²) in [7, 11) is 0. The second-order valence-electron chi connectivity index (χ2n) is 3.45. The number of carbonyl (C=O) groups is 1. The van der Waals surface area contributed by atoms with E-state index in [1.807, 2.05) is 0 Å². The second kappa shape index (κ2) is 5.64. The molecule has 5 nitrogen and oxygen atoms in total. The Kier molecular flexibility index (Phi) is 4.46. The van der Waals surface area contributed by atoms with Gasteiger partial charge in [0.15, 0.2) is 0 Å². The predicted octanol–water partition coefficient (Wildman–Crippen LogP) is 1.35. The van der Waals surface area contributed by atoms with Crippen LogP contribution in [0.5, 0.6) is 0 Å². The van der Waals surface area contributed by atoms with E-state index in [4.69, 9.17) is 22.0 Å². The first kappa shape index (κ1) is 13.5. The van der Waals surface area contributed by atoms with Crippen molar-refractivity contribution >= 4 is 17.6 Å². The van der Waals surface area contributed by atoms with Crippen LogP contribution >= 0.6 is 11.6 Å².